The molecule has 0 atom stereocenters. The lowest BCUT2D eigenvalue weighted by Gasteiger charge is -1.95. The molecule has 0 amide bonds. The van der Waals surface area contributed by atoms with Crippen LogP contribution in [0.1, 0.15) is 12.0 Å². The SMILES string of the molecule is CNCCC#Cc1ccc(F)cc1[N+](=O)[O-]. The maximum Gasteiger partial charge on any atom is 0.287 e. The fraction of sp³-hybridized carbons (Fsp3) is 0.273. The van der Waals surface area contributed by atoms with Crippen molar-refractivity contribution in [2.45, 2.75) is 6.42 Å². The van der Waals surface area contributed by atoms with Gasteiger partial charge in [-0.2, -0.15) is 0 Å². The van der Waals surface area contributed by atoms with Gasteiger partial charge in [-0.05, 0) is 19.2 Å². The van der Waals surface area contributed by atoms with E-state index in [1.165, 1.54) is 6.07 Å². The number of nitrogens with zero attached hydrogens (tertiary/aromatic N) is 1. The van der Waals surface area contributed by atoms with Crippen molar-refractivity contribution >= 4 is 5.69 Å². The first-order chi connectivity index (χ1) is 7.65. The van der Waals surface area contributed by atoms with Crippen molar-refractivity contribution in [2.75, 3.05) is 13.6 Å². The Morgan fingerprint density at radius 3 is 2.94 bits per heavy atom. The Hall–Kier alpha value is -1.93. The average Bonchev–Trinajstić information content (AvgIpc) is 2.26. The molecule has 0 bridgehead atoms. The number of rotatable bonds is 3. The molecule has 0 heterocycles. The second-order valence-corrected chi connectivity index (χ2v) is 3.07. The van der Waals surface area contributed by atoms with Crippen LogP contribution in [-0.2, 0) is 0 Å². The van der Waals surface area contributed by atoms with Gasteiger partial charge in [0.1, 0.15) is 11.4 Å². The van der Waals surface area contributed by atoms with Gasteiger partial charge < -0.3 is 5.32 Å². The molecule has 0 aromatic heterocycles. The topological polar surface area (TPSA) is 55.2 Å². The van der Waals surface area contributed by atoms with Crippen molar-refractivity contribution in [3.05, 3.63) is 39.7 Å². The number of nitro benzene ring substituents is 1. The average molecular weight is 222 g/mol. The van der Waals surface area contributed by atoms with Gasteiger partial charge in [-0.15, -0.1) is 0 Å². The molecular formula is C11H11FN2O2. The molecule has 5 heteroatoms. The van der Waals surface area contributed by atoms with Crippen LogP contribution in [-0.4, -0.2) is 18.5 Å². The van der Waals surface area contributed by atoms with Crippen molar-refractivity contribution in [3.8, 4) is 11.8 Å². The summed E-state index contributed by atoms with van der Waals surface area (Å²) in [6.07, 6.45) is 0.588. The maximum absolute atomic E-state index is 12.8. The molecule has 4 nitrogen and oxygen atoms in total. The minimum absolute atomic E-state index is 0.238. The standard InChI is InChI=1S/C11H11FN2O2/c1-13-7-3-2-4-9-5-6-10(12)8-11(9)14(15)16/h5-6,8,13H,3,7H2,1H3. The van der Waals surface area contributed by atoms with Crippen molar-refractivity contribution in [3.63, 3.8) is 0 Å². The third-order valence-electron chi connectivity index (χ3n) is 1.88. The van der Waals surface area contributed by atoms with E-state index in [0.717, 1.165) is 12.1 Å². The highest BCUT2D eigenvalue weighted by Gasteiger charge is 2.12. The van der Waals surface area contributed by atoms with E-state index in [1.807, 2.05) is 0 Å². The second-order valence-electron chi connectivity index (χ2n) is 3.07. The van der Waals surface area contributed by atoms with Gasteiger partial charge in [-0.25, -0.2) is 4.39 Å². The lowest BCUT2D eigenvalue weighted by atomic mass is 10.2. The van der Waals surface area contributed by atoms with Crippen LogP contribution >= 0.6 is 0 Å². The molecule has 1 N–H and O–H groups in total. The van der Waals surface area contributed by atoms with Gasteiger partial charge >= 0.3 is 0 Å². The summed E-state index contributed by atoms with van der Waals surface area (Å²) in [5.74, 6) is 4.80. The summed E-state index contributed by atoms with van der Waals surface area (Å²) in [5, 5.41) is 13.5. The summed E-state index contributed by atoms with van der Waals surface area (Å²) in [4.78, 5) is 9.99. The molecule has 0 fully saturated rings. The van der Waals surface area contributed by atoms with E-state index in [1.54, 1.807) is 7.05 Å². The molecule has 0 saturated carbocycles. The zero-order chi connectivity index (χ0) is 12.0. The fourth-order valence-corrected chi connectivity index (χ4v) is 1.11. The first kappa shape index (κ1) is 12.1. The number of nitrogens with one attached hydrogen (secondary N) is 1. The van der Waals surface area contributed by atoms with Crippen LogP contribution in [0.4, 0.5) is 10.1 Å². The predicted molar refractivity (Wildman–Crippen MR) is 58.5 cm³/mol. The van der Waals surface area contributed by atoms with Crippen LogP contribution < -0.4 is 5.32 Å². The third kappa shape index (κ3) is 3.33. The van der Waals surface area contributed by atoms with E-state index in [2.05, 4.69) is 17.2 Å². The summed E-state index contributed by atoms with van der Waals surface area (Å²) in [6, 6.07) is 3.36. The highest BCUT2D eigenvalue weighted by atomic mass is 19.1. The lowest BCUT2D eigenvalue weighted by molar-refractivity contribution is -0.385. The molecule has 1 rings (SSSR count). The highest BCUT2D eigenvalue weighted by Crippen LogP contribution is 2.18. The van der Waals surface area contributed by atoms with Gasteiger partial charge in [-0.3, -0.25) is 10.1 Å². The summed E-state index contributed by atoms with van der Waals surface area (Å²) in [7, 11) is 1.79. The summed E-state index contributed by atoms with van der Waals surface area (Å²) < 4.78 is 12.8. The fourth-order valence-electron chi connectivity index (χ4n) is 1.11. The largest absolute Gasteiger partial charge is 0.319 e. The minimum Gasteiger partial charge on any atom is -0.319 e. The molecular weight excluding hydrogens is 211 g/mol. The number of halogens is 1. The van der Waals surface area contributed by atoms with E-state index < -0.39 is 10.7 Å². The number of benzene rings is 1. The monoisotopic (exact) mass is 222 g/mol. The first-order valence-corrected chi connectivity index (χ1v) is 4.72. The summed E-state index contributed by atoms with van der Waals surface area (Å²) >= 11 is 0. The Bertz CT molecular complexity index is 449. The van der Waals surface area contributed by atoms with Crippen LogP contribution in [0.3, 0.4) is 0 Å². The normalized spacial score (nSPS) is 9.38. The van der Waals surface area contributed by atoms with Gasteiger partial charge in [0.2, 0.25) is 0 Å². The Labute approximate surface area is 92.6 Å². The Morgan fingerprint density at radius 2 is 2.31 bits per heavy atom. The second kappa shape index (κ2) is 5.83. The highest BCUT2D eigenvalue weighted by molar-refractivity contribution is 5.50. The number of nitro groups is 1. The van der Waals surface area contributed by atoms with Gasteiger partial charge in [0.05, 0.1) is 11.0 Å². The van der Waals surface area contributed by atoms with Crippen LogP contribution in [0.5, 0.6) is 0 Å². The molecule has 0 saturated heterocycles. The zero-order valence-electron chi connectivity index (χ0n) is 8.79. The van der Waals surface area contributed by atoms with E-state index in [-0.39, 0.29) is 11.3 Å². The molecule has 16 heavy (non-hydrogen) atoms. The quantitative estimate of drug-likeness (QED) is 0.366. The van der Waals surface area contributed by atoms with Crippen LogP contribution in [0.25, 0.3) is 0 Å². The van der Waals surface area contributed by atoms with E-state index in [9.17, 15) is 14.5 Å². The van der Waals surface area contributed by atoms with Gasteiger partial charge in [-0.1, -0.05) is 11.8 Å². The summed E-state index contributed by atoms with van der Waals surface area (Å²) in [5.41, 5.74) is -0.0561. The molecule has 0 aliphatic carbocycles. The van der Waals surface area contributed by atoms with Crippen molar-refractivity contribution < 1.29 is 9.31 Å². The molecule has 1 aromatic carbocycles. The number of hydrogen-bond donors (Lipinski definition) is 1. The van der Waals surface area contributed by atoms with Gasteiger partial charge in [0, 0.05) is 13.0 Å². The van der Waals surface area contributed by atoms with Gasteiger partial charge in [0.15, 0.2) is 0 Å². The first-order valence-electron chi connectivity index (χ1n) is 4.72. The molecule has 84 valence electrons. The Kier molecular flexibility index (Phi) is 4.42. The van der Waals surface area contributed by atoms with Crippen molar-refractivity contribution in [2.24, 2.45) is 0 Å². The molecule has 0 radical (unpaired) electrons. The van der Waals surface area contributed by atoms with Crippen LogP contribution in [0, 0.1) is 27.8 Å². The summed E-state index contributed by atoms with van der Waals surface area (Å²) in [6.45, 7) is 0.710. The lowest BCUT2D eigenvalue weighted by Crippen LogP contribution is -2.05. The Morgan fingerprint density at radius 1 is 1.56 bits per heavy atom. The third-order valence-corrected chi connectivity index (χ3v) is 1.88. The van der Waals surface area contributed by atoms with Gasteiger partial charge in [0.25, 0.3) is 5.69 Å². The Balaban J connectivity index is 2.93. The van der Waals surface area contributed by atoms with Crippen LogP contribution in [0.2, 0.25) is 0 Å². The van der Waals surface area contributed by atoms with Crippen LogP contribution in [0.15, 0.2) is 18.2 Å². The molecule has 1 aromatic rings. The smallest absolute Gasteiger partial charge is 0.287 e. The molecule has 0 unspecified atom stereocenters. The molecule has 0 spiro atoms. The minimum atomic E-state index is -0.634. The number of hydrogen-bond acceptors (Lipinski definition) is 3. The molecule has 0 aliphatic rings. The van der Waals surface area contributed by atoms with E-state index in [4.69, 9.17) is 0 Å². The van der Waals surface area contributed by atoms with E-state index >= 15 is 0 Å². The zero-order valence-corrected chi connectivity index (χ0v) is 8.79. The predicted octanol–water partition coefficient (Wildman–Crippen LogP) is 1.69. The van der Waals surface area contributed by atoms with E-state index in [0.29, 0.717) is 13.0 Å². The molecule has 0 aliphatic heterocycles. The maximum atomic E-state index is 12.8. The van der Waals surface area contributed by atoms with Crippen molar-refractivity contribution in [1.82, 2.24) is 5.32 Å². The van der Waals surface area contributed by atoms with Crippen molar-refractivity contribution in [1.29, 1.82) is 0 Å².